The van der Waals surface area contributed by atoms with Gasteiger partial charge in [0.25, 0.3) is 0 Å². The number of nitrogens with zero attached hydrogens (tertiary/aromatic N) is 3. The second-order valence-electron chi connectivity index (χ2n) is 6.03. The van der Waals surface area contributed by atoms with Crippen molar-refractivity contribution >= 4 is 34.1 Å². The first kappa shape index (κ1) is 22.8. The fourth-order valence-corrected chi connectivity index (χ4v) is 2.86. The summed E-state index contributed by atoms with van der Waals surface area (Å²) < 4.78 is 80.5. The molecule has 0 fully saturated rings. The zero-order valence-corrected chi connectivity index (χ0v) is 16.3. The average molecular weight is 439 g/mol. The Kier molecular flexibility index (Phi) is 6.36. The smallest absolute Gasteiger partial charge is 0.383 e. The third-order valence-electron chi connectivity index (χ3n) is 4.02. The van der Waals surface area contributed by atoms with Gasteiger partial charge in [0.1, 0.15) is 11.5 Å². The van der Waals surface area contributed by atoms with Crippen LogP contribution in [0, 0.1) is 0 Å². The highest BCUT2D eigenvalue weighted by molar-refractivity contribution is 6.34. The molecule has 0 aliphatic carbocycles. The maximum absolute atomic E-state index is 13.5. The molecule has 0 atom stereocenters. The van der Waals surface area contributed by atoms with Crippen LogP contribution in [0.2, 0.25) is 0 Å². The van der Waals surface area contributed by atoms with Crippen molar-refractivity contribution in [2.24, 2.45) is 0 Å². The number of pyridine rings is 1. The van der Waals surface area contributed by atoms with Gasteiger partial charge in [-0.1, -0.05) is 30.7 Å². The van der Waals surface area contributed by atoms with Gasteiger partial charge in [-0.2, -0.15) is 26.3 Å². The van der Waals surface area contributed by atoms with Crippen molar-refractivity contribution in [2.75, 3.05) is 5.73 Å². The lowest BCUT2D eigenvalue weighted by atomic mass is 10.1. The van der Waals surface area contributed by atoms with Crippen molar-refractivity contribution in [3.8, 4) is 0 Å². The minimum absolute atomic E-state index is 0.0742. The number of anilines is 1. The highest BCUT2D eigenvalue weighted by Crippen LogP contribution is 2.41. The van der Waals surface area contributed by atoms with Crippen molar-refractivity contribution in [1.29, 1.82) is 0 Å². The lowest BCUT2D eigenvalue weighted by Gasteiger charge is -2.13. The van der Waals surface area contributed by atoms with Gasteiger partial charge in [-0.15, -0.1) is 5.10 Å². The number of aromatic nitrogens is 3. The molecule has 0 aliphatic rings. The van der Waals surface area contributed by atoms with Gasteiger partial charge in [-0.05, 0) is 38.0 Å². The van der Waals surface area contributed by atoms with E-state index in [0.717, 1.165) is 4.68 Å². The van der Waals surface area contributed by atoms with Crippen molar-refractivity contribution in [3.05, 3.63) is 46.2 Å². The van der Waals surface area contributed by atoms with E-state index in [0.29, 0.717) is 12.0 Å². The molecular formula is C18H17ClF6N4. The molecule has 158 valence electrons. The van der Waals surface area contributed by atoms with E-state index in [1.165, 1.54) is 6.08 Å². The number of rotatable bonds is 4. The van der Waals surface area contributed by atoms with E-state index in [2.05, 4.69) is 10.1 Å². The minimum atomic E-state index is -5.10. The molecule has 0 saturated carbocycles. The predicted octanol–water partition coefficient (Wildman–Crippen LogP) is 6.39. The number of allylic oxidation sites excluding steroid dienone is 6. The Bertz CT molecular complexity index is 1010. The van der Waals surface area contributed by atoms with E-state index in [1.54, 1.807) is 26.0 Å². The van der Waals surface area contributed by atoms with Crippen LogP contribution in [-0.2, 0) is 12.4 Å². The van der Waals surface area contributed by atoms with Gasteiger partial charge in [0.2, 0.25) is 0 Å². The molecule has 0 amide bonds. The number of nitrogen functional groups attached to an aromatic ring is 1. The van der Waals surface area contributed by atoms with Crippen LogP contribution in [0.5, 0.6) is 0 Å². The molecule has 0 aromatic carbocycles. The van der Waals surface area contributed by atoms with E-state index in [9.17, 15) is 26.3 Å². The van der Waals surface area contributed by atoms with Crippen LogP contribution in [0.4, 0.5) is 32.2 Å². The monoisotopic (exact) mass is 438 g/mol. The number of halogens is 7. The van der Waals surface area contributed by atoms with Crippen LogP contribution in [-0.4, -0.2) is 14.8 Å². The van der Waals surface area contributed by atoms with Gasteiger partial charge in [0, 0.05) is 0 Å². The predicted molar refractivity (Wildman–Crippen MR) is 99.9 cm³/mol. The Morgan fingerprint density at radius 1 is 1.21 bits per heavy atom. The fraction of sp³-hybridized carbons (Fsp3) is 0.333. The summed E-state index contributed by atoms with van der Waals surface area (Å²) in [5.41, 5.74) is 2.45. The molecule has 2 aromatic rings. The topological polar surface area (TPSA) is 56.7 Å². The van der Waals surface area contributed by atoms with Crippen LogP contribution in [0.25, 0.3) is 16.7 Å². The van der Waals surface area contributed by atoms with Crippen molar-refractivity contribution < 1.29 is 26.3 Å². The lowest BCUT2D eigenvalue weighted by Crippen LogP contribution is -2.13. The Morgan fingerprint density at radius 3 is 2.31 bits per heavy atom. The summed E-state index contributed by atoms with van der Waals surface area (Å²) >= 11 is 6.28. The minimum Gasteiger partial charge on any atom is -0.383 e. The van der Waals surface area contributed by atoms with Crippen LogP contribution in [0.3, 0.4) is 0 Å². The molecule has 29 heavy (non-hydrogen) atoms. The highest BCUT2D eigenvalue weighted by Gasteiger charge is 2.41. The van der Waals surface area contributed by atoms with E-state index in [4.69, 9.17) is 17.3 Å². The van der Waals surface area contributed by atoms with Crippen LogP contribution >= 0.6 is 11.6 Å². The Labute approximate surface area is 167 Å². The molecule has 0 spiro atoms. The van der Waals surface area contributed by atoms with Gasteiger partial charge in [-0.3, -0.25) is 0 Å². The second kappa shape index (κ2) is 8.10. The van der Waals surface area contributed by atoms with Gasteiger partial charge in [0.15, 0.2) is 5.65 Å². The summed E-state index contributed by atoms with van der Waals surface area (Å²) in [7, 11) is 0. The van der Waals surface area contributed by atoms with Crippen molar-refractivity contribution in [2.45, 2.75) is 39.5 Å². The number of nitrogens with two attached hydrogens (primary N) is 1. The molecule has 2 aromatic heterocycles. The normalized spacial score (nSPS) is 14.8. The molecule has 0 bridgehead atoms. The van der Waals surface area contributed by atoms with E-state index < -0.39 is 40.5 Å². The average Bonchev–Trinajstić information content (AvgIpc) is 2.94. The lowest BCUT2D eigenvalue weighted by molar-refractivity contribution is -0.144. The third kappa shape index (κ3) is 4.58. The SMILES string of the molecule is C\C=C(C)/C(=C(Cl)\C=C/CC)n1nc2nc(C(F)(F)F)cc(C(F)(F)F)c2c1N. The largest absolute Gasteiger partial charge is 0.433 e. The number of hydrogen-bond acceptors (Lipinski definition) is 3. The summed E-state index contributed by atoms with van der Waals surface area (Å²) in [6.45, 7) is 5.11. The van der Waals surface area contributed by atoms with E-state index in [1.807, 2.05) is 6.92 Å². The molecule has 4 nitrogen and oxygen atoms in total. The van der Waals surface area contributed by atoms with Gasteiger partial charge in [-0.25, -0.2) is 9.67 Å². The Balaban J connectivity index is 2.96. The zero-order chi connectivity index (χ0) is 22.1. The van der Waals surface area contributed by atoms with Crippen molar-refractivity contribution in [1.82, 2.24) is 14.8 Å². The first-order chi connectivity index (χ1) is 13.3. The molecule has 0 unspecified atom stereocenters. The molecule has 11 heteroatoms. The Morgan fingerprint density at radius 2 is 1.83 bits per heavy atom. The molecule has 0 aliphatic heterocycles. The molecule has 2 heterocycles. The first-order valence-electron chi connectivity index (χ1n) is 8.36. The summed E-state index contributed by atoms with van der Waals surface area (Å²) in [6.07, 6.45) is -4.74. The molecule has 0 saturated heterocycles. The summed E-state index contributed by atoms with van der Waals surface area (Å²) in [5, 5.41) is 3.20. The number of fused-ring (bicyclic) bond motifs is 1. The molecule has 2 rings (SSSR count). The van der Waals surface area contributed by atoms with Gasteiger partial charge in [0.05, 0.1) is 21.7 Å². The fourth-order valence-electron chi connectivity index (χ4n) is 2.54. The zero-order valence-electron chi connectivity index (χ0n) is 15.6. The van der Waals surface area contributed by atoms with E-state index in [-0.39, 0.29) is 16.8 Å². The van der Waals surface area contributed by atoms with Gasteiger partial charge >= 0.3 is 12.4 Å². The standard InChI is InChI=1S/C18H17ClF6N4/c1-4-6-7-11(19)14(9(3)5-2)29-15(26)13-10(17(20,21)22)8-12(18(23,24)25)27-16(13)28-29/h5-8H,4,26H2,1-3H3/b7-6-,9-5-,14-11-. The van der Waals surface area contributed by atoms with Crippen LogP contribution < -0.4 is 5.73 Å². The van der Waals surface area contributed by atoms with Crippen molar-refractivity contribution in [3.63, 3.8) is 0 Å². The quantitative estimate of drug-likeness (QED) is 0.444. The molecule has 0 radical (unpaired) electrons. The van der Waals surface area contributed by atoms with Crippen LogP contribution in [0.1, 0.15) is 38.4 Å². The highest BCUT2D eigenvalue weighted by atomic mass is 35.5. The summed E-state index contributed by atoms with van der Waals surface area (Å²) in [4.78, 5) is 3.25. The maximum atomic E-state index is 13.5. The van der Waals surface area contributed by atoms with Crippen LogP contribution in [0.15, 0.2) is 34.9 Å². The number of hydrogen-bond donors (Lipinski definition) is 1. The summed E-state index contributed by atoms with van der Waals surface area (Å²) in [6, 6.07) is -0.0742. The molecular weight excluding hydrogens is 422 g/mol. The summed E-state index contributed by atoms with van der Waals surface area (Å²) in [5.74, 6) is -0.521. The maximum Gasteiger partial charge on any atom is 0.433 e. The second-order valence-corrected chi connectivity index (χ2v) is 6.43. The third-order valence-corrected chi connectivity index (χ3v) is 4.32. The van der Waals surface area contributed by atoms with Gasteiger partial charge < -0.3 is 5.73 Å². The first-order valence-corrected chi connectivity index (χ1v) is 8.74. The number of alkyl halides is 6. The van der Waals surface area contributed by atoms with E-state index >= 15 is 0 Å². The Hall–Kier alpha value is -2.49. The molecule has 2 N–H and O–H groups in total.